The number of nitrogens with zero attached hydrogens (tertiary/aromatic N) is 4. The van der Waals surface area contributed by atoms with Crippen LogP contribution in [0.3, 0.4) is 0 Å². The van der Waals surface area contributed by atoms with Gasteiger partial charge in [0.25, 0.3) is 5.91 Å². The van der Waals surface area contributed by atoms with Crippen molar-refractivity contribution in [2.75, 3.05) is 26.7 Å². The summed E-state index contributed by atoms with van der Waals surface area (Å²) in [5, 5.41) is 8.23. The van der Waals surface area contributed by atoms with E-state index in [0.29, 0.717) is 18.2 Å². The number of carbonyl (C=O) groups is 2. The first-order chi connectivity index (χ1) is 10.5. The van der Waals surface area contributed by atoms with Gasteiger partial charge in [0.15, 0.2) is 5.69 Å². The first kappa shape index (κ1) is 16.4. The first-order valence-electron chi connectivity index (χ1n) is 7.84. The molecule has 1 saturated heterocycles. The van der Waals surface area contributed by atoms with Gasteiger partial charge in [0.05, 0.1) is 5.69 Å². The highest BCUT2D eigenvalue weighted by Crippen LogP contribution is 2.20. The molecule has 0 N–H and O–H groups in total. The van der Waals surface area contributed by atoms with E-state index in [2.05, 4.69) is 10.2 Å². The van der Waals surface area contributed by atoms with Crippen molar-refractivity contribution in [3.8, 4) is 0 Å². The highest BCUT2D eigenvalue weighted by Gasteiger charge is 2.22. The van der Waals surface area contributed by atoms with Crippen molar-refractivity contribution < 1.29 is 9.59 Å². The maximum Gasteiger partial charge on any atom is 0.274 e. The van der Waals surface area contributed by atoms with Crippen LogP contribution in [0.15, 0.2) is 12.1 Å². The zero-order valence-electron chi connectivity index (χ0n) is 13.6. The Morgan fingerprint density at radius 1 is 1.36 bits per heavy atom. The van der Waals surface area contributed by atoms with Crippen molar-refractivity contribution in [1.82, 2.24) is 20.0 Å². The second-order valence-corrected chi connectivity index (χ2v) is 5.91. The van der Waals surface area contributed by atoms with Gasteiger partial charge in [-0.2, -0.15) is 5.10 Å². The van der Waals surface area contributed by atoms with Crippen LogP contribution < -0.4 is 0 Å². The number of piperidine rings is 1. The summed E-state index contributed by atoms with van der Waals surface area (Å²) in [5.41, 5.74) is 1.26. The van der Waals surface area contributed by atoms with Gasteiger partial charge in [-0.3, -0.25) is 9.59 Å². The molecule has 2 heterocycles. The monoisotopic (exact) mass is 304 g/mol. The van der Waals surface area contributed by atoms with Crippen LogP contribution in [-0.2, 0) is 11.2 Å². The lowest BCUT2D eigenvalue weighted by molar-refractivity contribution is -0.130. The molecule has 1 aliphatic rings. The summed E-state index contributed by atoms with van der Waals surface area (Å²) in [6.45, 7) is 5.83. The molecule has 2 amide bonds. The van der Waals surface area contributed by atoms with Crippen molar-refractivity contribution in [3.05, 3.63) is 23.5 Å². The lowest BCUT2D eigenvalue weighted by Gasteiger charge is -2.31. The Balaban J connectivity index is 1.96. The van der Waals surface area contributed by atoms with Crippen LogP contribution in [0.25, 0.3) is 0 Å². The van der Waals surface area contributed by atoms with E-state index in [9.17, 15) is 9.59 Å². The standard InChI is InChI=1S/C16H24N4O2/c1-4-19(3)16(22)15-8-7-14(17-18-15)10-13-6-5-9-20(11-13)12(2)21/h7-8,13H,4-6,9-11H2,1-3H3. The number of aromatic nitrogens is 2. The highest BCUT2D eigenvalue weighted by atomic mass is 16.2. The molecule has 6 heteroatoms. The quantitative estimate of drug-likeness (QED) is 0.842. The summed E-state index contributed by atoms with van der Waals surface area (Å²) in [5.74, 6) is 0.452. The molecule has 1 fully saturated rings. The molecule has 2 rings (SSSR count). The lowest BCUT2D eigenvalue weighted by Crippen LogP contribution is -2.39. The van der Waals surface area contributed by atoms with Crippen molar-refractivity contribution in [2.24, 2.45) is 5.92 Å². The summed E-state index contributed by atoms with van der Waals surface area (Å²) >= 11 is 0. The van der Waals surface area contributed by atoms with E-state index in [1.54, 1.807) is 24.9 Å². The molecule has 6 nitrogen and oxygen atoms in total. The van der Waals surface area contributed by atoms with Gasteiger partial charge in [-0.1, -0.05) is 0 Å². The maximum atomic E-state index is 12.0. The third-order valence-corrected chi connectivity index (χ3v) is 4.22. The zero-order chi connectivity index (χ0) is 16.1. The van der Waals surface area contributed by atoms with E-state index in [0.717, 1.165) is 38.0 Å². The van der Waals surface area contributed by atoms with Crippen LogP contribution >= 0.6 is 0 Å². The minimum atomic E-state index is -0.109. The van der Waals surface area contributed by atoms with Crippen LogP contribution in [0.2, 0.25) is 0 Å². The molecule has 1 atom stereocenters. The molecular formula is C16H24N4O2. The molecule has 0 aromatic carbocycles. The average molecular weight is 304 g/mol. The van der Waals surface area contributed by atoms with Crippen LogP contribution in [0.1, 0.15) is 42.9 Å². The van der Waals surface area contributed by atoms with E-state index < -0.39 is 0 Å². The van der Waals surface area contributed by atoms with Gasteiger partial charge in [0.1, 0.15) is 0 Å². The van der Waals surface area contributed by atoms with Crippen LogP contribution in [-0.4, -0.2) is 58.5 Å². The molecule has 0 bridgehead atoms. The van der Waals surface area contributed by atoms with Crippen molar-refractivity contribution in [3.63, 3.8) is 0 Å². The number of hydrogen-bond acceptors (Lipinski definition) is 4. The minimum Gasteiger partial charge on any atom is -0.343 e. The smallest absolute Gasteiger partial charge is 0.274 e. The molecule has 0 saturated carbocycles. The van der Waals surface area contributed by atoms with Crippen LogP contribution in [0, 0.1) is 5.92 Å². The van der Waals surface area contributed by atoms with Gasteiger partial charge in [-0.25, -0.2) is 0 Å². The Kier molecular flexibility index (Phi) is 5.46. The molecule has 0 radical (unpaired) electrons. The van der Waals surface area contributed by atoms with Crippen molar-refractivity contribution in [1.29, 1.82) is 0 Å². The van der Waals surface area contributed by atoms with Gasteiger partial charge in [0.2, 0.25) is 5.91 Å². The fraction of sp³-hybridized carbons (Fsp3) is 0.625. The predicted octanol–water partition coefficient (Wildman–Crippen LogP) is 1.37. The fourth-order valence-corrected chi connectivity index (χ4v) is 2.74. The number of likely N-dealkylation sites (tertiary alicyclic amines) is 1. The topological polar surface area (TPSA) is 66.4 Å². The molecule has 1 aliphatic heterocycles. The third kappa shape index (κ3) is 4.02. The molecule has 1 aromatic rings. The van der Waals surface area contributed by atoms with Gasteiger partial charge >= 0.3 is 0 Å². The number of carbonyl (C=O) groups excluding carboxylic acids is 2. The Hall–Kier alpha value is -1.98. The molecule has 22 heavy (non-hydrogen) atoms. The SMILES string of the molecule is CCN(C)C(=O)c1ccc(CC2CCCN(C(C)=O)C2)nn1. The third-order valence-electron chi connectivity index (χ3n) is 4.22. The fourth-order valence-electron chi connectivity index (χ4n) is 2.74. The summed E-state index contributed by atoms with van der Waals surface area (Å²) in [7, 11) is 1.75. The number of hydrogen-bond donors (Lipinski definition) is 0. The Morgan fingerprint density at radius 3 is 2.73 bits per heavy atom. The highest BCUT2D eigenvalue weighted by molar-refractivity contribution is 5.91. The summed E-state index contributed by atoms with van der Waals surface area (Å²) in [6, 6.07) is 3.61. The molecule has 1 aromatic heterocycles. The van der Waals surface area contributed by atoms with Gasteiger partial charge in [-0.05, 0) is 44.2 Å². The van der Waals surface area contributed by atoms with Gasteiger partial charge in [0, 0.05) is 33.6 Å². The van der Waals surface area contributed by atoms with Crippen molar-refractivity contribution in [2.45, 2.75) is 33.1 Å². The van der Waals surface area contributed by atoms with Crippen LogP contribution in [0.4, 0.5) is 0 Å². The van der Waals surface area contributed by atoms with E-state index in [-0.39, 0.29) is 11.8 Å². The zero-order valence-corrected chi connectivity index (χ0v) is 13.6. The normalized spacial score (nSPS) is 18.1. The molecule has 1 unspecified atom stereocenters. The van der Waals surface area contributed by atoms with E-state index >= 15 is 0 Å². The minimum absolute atomic E-state index is 0.109. The van der Waals surface area contributed by atoms with E-state index in [1.165, 1.54) is 0 Å². The predicted molar refractivity (Wildman–Crippen MR) is 83.3 cm³/mol. The van der Waals surface area contributed by atoms with Crippen molar-refractivity contribution >= 4 is 11.8 Å². The number of rotatable bonds is 4. The summed E-state index contributed by atoms with van der Waals surface area (Å²) < 4.78 is 0. The maximum absolute atomic E-state index is 12.0. The van der Waals surface area contributed by atoms with Gasteiger partial charge in [-0.15, -0.1) is 5.10 Å². The molecular weight excluding hydrogens is 280 g/mol. The Labute approximate surface area is 131 Å². The number of amides is 2. The Bertz CT molecular complexity index is 529. The first-order valence-corrected chi connectivity index (χ1v) is 7.84. The van der Waals surface area contributed by atoms with E-state index in [4.69, 9.17) is 0 Å². The van der Waals surface area contributed by atoms with Crippen LogP contribution in [0.5, 0.6) is 0 Å². The lowest BCUT2D eigenvalue weighted by atomic mass is 9.93. The second-order valence-electron chi connectivity index (χ2n) is 5.91. The average Bonchev–Trinajstić information content (AvgIpc) is 2.54. The van der Waals surface area contributed by atoms with Gasteiger partial charge < -0.3 is 9.80 Å². The molecule has 0 aliphatic carbocycles. The largest absolute Gasteiger partial charge is 0.343 e. The summed E-state index contributed by atoms with van der Waals surface area (Å²) in [6.07, 6.45) is 2.94. The Morgan fingerprint density at radius 2 is 2.14 bits per heavy atom. The second kappa shape index (κ2) is 7.33. The molecule has 120 valence electrons. The molecule has 0 spiro atoms. The summed E-state index contributed by atoms with van der Waals surface area (Å²) in [4.78, 5) is 26.9. The van der Waals surface area contributed by atoms with E-state index in [1.807, 2.05) is 17.9 Å².